The maximum atomic E-state index is 13.6. The van der Waals surface area contributed by atoms with Gasteiger partial charge < -0.3 is 0 Å². The maximum absolute atomic E-state index is 13.6. The Kier molecular flexibility index (Phi) is 2.97. The summed E-state index contributed by atoms with van der Waals surface area (Å²) in [5.41, 5.74) is 3.42. The van der Waals surface area contributed by atoms with E-state index in [9.17, 15) is 4.39 Å². The molecule has 0 spiro atoms. The molecular formula is C14H12ClF. The second-order valence-electron chi connectivity index (χ2n) is 3.92. The van der Waals surface area contributed by atoms with Crippen LogP contribution in [0.5, 0.6) is 0 Å². The lowest BCUT2D eigenvalue weighted by atomic mass is 10.0. The molecule has 0 N–H and O–H groups in total. The fourth-order valence-corrected chi connectivity index (χ4v) is 1.92. The predicted molar refractivity (Wildman–Crippen MR) is 66.3 cm³/mol. The van der Waals surface area contributed by atoms with Gasteiger partial charge in [-0.2, -0.15) is 0 Å². The minimum atomic E-state index is -0.334. The molecule has 0 fully saturated rings. The number of benzene rings is 2. The summed E-state index contributed by atoms with van der Waals surface area (Å²) in [6.45, 7) is 3.72. The van der Waals surface area contributed by atoms with Gasteiger partial charge in [0.05, 0.1) is 5.02 Å². The highest BCUT2D eigenvalue weighted by atomic mass is 35.5. The Bertz CT molecular complexity index is 515. The van der Waals surface area contributed by atoms with Crippen molar-refractivity contribution in [2.24, 2.45) is 0 Å². The van der Waals surface area contributed by atoms with Gasteiger partial charge in [0, 0.05) is 5.56 Å². The van der Waals surface area contributed by atoms with Crippen molar-refractivity contribution in [3.63, 3.8) is 0 Å². The molecule has 0 aromatic heterocycles. The lowest BCUT2D eigenvalue weighted by Crippen LogP contribution is -1.88. The molecule has 2 aromatic carbocycles. The molecular weight excluding hydrogens is 223 g/mol. The summed E-state index contributed by atoms with van der Waals surface area (Å²) in [6, 6.07) is 11.5. The van der Waals surface area contributed by atoms with Crippen LogP contribution in [-0.4, -0.2) is 0 Å². The van der Waals surface area contributed by atoms with E-state index in [1.165, 1.54) is 5.56 Å². The topological polar surface area (TPSA) is 0 Å². The van der Waals surface area contributed by atoms with Crippen molar-refractivity contribution >= 4 is 11.6 Å². The van der Waals surface area contributed by atoms with Crippen LogP contribution in [0.25, 0.3) is 11.1 Å². The van der Waals surface area contributed by atoms with Crippen LogP contribution in [-0.2, 0) is 0 Å². The van der Waals surface area contributed by atoms with Gasteiger partial charge in [0.1, 0.15) is 5.82 Å². The number of rotatable bonds is 1. The molecule has 0 amide bonds. The zero-order chi connectivity index (χ0) is 11.7. The zero-order valence-electron chi connectivity index (χ0n) is 9.22. The van der Waals surface area contributed by atoms with Gasteiger partial charge in [-0.05, 0) is 25.0 Å². The van der Waals surface area contributed by atoms with Gasteiger partial charge in [0.25, 0.3) is 0 Å². The molecule has 0 aliphatic rings. The summed E-state index contributed by atoms with van der Waals surface area (Å²) in [6.07, 6.45) is 0. The SMILES string of the molecule is Cc1ccc(-c2ccc(C)c(F)c2Cl)cc1. The predicted octanol–water partition coefficient (Wildman–Crippen LogP) is 4.76. The van der Waals surface area contributed by atoms with Crippen molar-refractivity contribution < 1.29 is 4.39 Å². The number of aryl methyl sites for hydroxylation is 2. The van der Waals surface area contributed by atoms with E-state index in [1.807, 2.05) is 37.3 Å². The molecule has 2 heteroatoms. The van der Waals surface area contributed by atoms with Gasteiger partial charge in [0.2, 0.25) is 0 Å². The first kappa shape index (κ1) is 11.2. The van der Waals surface area contributed by atoms with Gasteiger partial charge >= 0.3 is 0 Å². The molecule has 0 radical (unpaired) electrons. The van der Waals surface area contributed by atoms with Crippen molar-refractivity contribution in [1.82, 2.24) is 0 Å². The van der Waals surface area contributed by atoms with Gasteiger partial charge in [-0.3, -0.25) is 0 Å². The third kappa shape index (κ3) is 1.96. The number of halogens is 2. The fourth-order valence-electron chi connectivity index (χ4n) is 1.60. The van der Waals surface area contributed by atoms with E-state index in [-0.39, 0.29) is 10.8 Å². The summed E-state index contributed by atoms with van der Waals surface area (Å²) in [4.78, 5) is 0. The van der Waals surface area contributed by atoms with Crippen LogP contribution in [0.3, 0.4) is 0 Å². The average molecular weight is 235 g/mol. The summed E-state index contributed by atoms with van der Waals surface area (Å²) < 4.78 is 13.6. The van der Waals surface area contributed by atoms with Crippen molar-refractivity contribution in [2.75, 3.05) is 0 Å². The summed E-state index contributed by atoms with van der Waals surface area (Å²) >= 11 is 6.00. The molecule has 16 heavy (non-hydrogen) atoms. The quantitative estimate of drug-likeness (QED) is 0.667. The Hall–Kier alpha value is -1.34. The Morgan fingerprint density at radius 3 is 2.19 bits per heavy atom. The first-order valence-corrected chi connectivity index (χ1v) is 5.49. The van der Waals surface area contributed by atoms with E-state index in [1.54, 1.807) is 13.0 Å². The van der Waals surface area contributed by atoms with E-state index < -0.39 is 0 Å². The highest BCUT2D eigenvalue weighted by Gasteiger charge is 2.10. The monoisotopic (exact) mass is 234 g/mol. The molecule has 0 unspecified atom stereocenters. The van der Waals surface area contributed by atoms with Crippen molar-refractivity contribution in [1.29, 1.82) is 0 Å². The molecule has 0 heterocycles. The van der Waals surface area contributed by atoms with Crippen molar-refractivity contribution in [2.45, 2.75) is 13.8 Å². The maximum Gasteiger partial charge on any atom is 0.145 e. The lowest BCUT2D eigenvalue weighted by Gasteiger charge is -2.07. The number of hydrogen-bond acceptors (Lipinski definition) is 0. The third-order valence-corrected chi connectivity index (χ3v) is 3.01. The second-order valence-corrected chi connectivity index (χ2v) is 4.30. The van der Waals surface area contributed by atoms with Crippen LogP contribution in [0.15, 0.2) is 36.4 Å². The van der Waals surface area contributed by atoms with Crippen LogP contribution in [0.1, 0.15) is 11.1 Å². The highest BCUT2D eigenvalue weighted by molar-refractivity contribution is 6.33. The fraction of sp³-hybridized carbons (Fsp3) is 0.143. The van der Waals surface area contributed by atoms with Crippen molar-refractivity contribution in [3.05, 3.63) is 58.4 Å². The van der Waals surface area contributed by atoms with E-state index in [0.29, 0.717) is 5.56 Å². The van der Waals surface area contributed by atoms with Crippen molar-refractivity contribution in [3.8, 4) is 11.1 Å². The molecule has 0 bridgehead atoms. The van der Waals surface area contributed by atoms with Crippen LogP contribution >= 0.6 is 11.6 Å². The molecule has 2 aromatic rings. The molecule has 0 saturated heterocycles. The summed E-state index contributed by atoms with van der Waals surface area (Å²) in [5, 5.41) is 0.198. The van der Waals surface area contributed by atoms with Gasteiger partial charge in [-0.1, -0.05) is 53.6 Å². The minimum Gasteiger partial charge on any atom is -0.205 e. The normalized spacial score (nSPS) is 10.5. The average Bonchev–Trinajstić information content (AvgIpc) is 2.28. The Morgan fingerprint density at radius 1 is 0.938 bits per heavy atom. The smallest absolute Gasteiger partial charge is 0.145 e. The van der Waals surface area contributed by atoms with Crippen LogP contribution < -0.4 is 0 Å². The first-order valence-electron chi connectivity index (χ1n) is 5.11. The largest absolute Gasteiger partial charge is 0.205 e. The standard InChI is InChI=1S/C14H12ClF/c1-9-3-6-11(7-4-9)12-8-5-10(2)14(16)13(12)15/h3-8H,1-2H3. The molecule has 0 aliphatic carbocycles. The third-order valence-electron chi connectivity index (χ3n) is 2.64. The molecule has 0 atom stereocenters. The van der Waals surface area contributed by atoms with Crippen LogP contribution in [0.2, 0.25) is 5.02 Å². The van der Waals surface area contributed by atoms with Crippen LogP contribution in [0.4, 0.5) is 4.39 Å². The molecule has 0 saturated carbocycles. The Morgan fingerprint density at radius 2 is 1.56 bits per heavy atom. The first-order chi connectivity index (χ1) is 7.59. The van der Waals surface area contributed by atoms with Gasteiger partial charge in [0.15, 0.2) is 0 Å². The van der Waals surface area contributed by atoms with E-state index in [0.717, 1.165) is 11.1 Å². The van der Waals surface area contributed by atoms with Gasteiger partial charge in [-0.25, -0.2) is 4.39 Å². The van der Waals surface area contributed by atoms with Gasteiger partial charge in [-0.15, -0.1) is 0 Å². The summed E-state index contributed by atoms with van der Waals surface area (Å²) in [5.74, 6) is -0.334. The minimum absolute atomic E-state index is 0.198. The highest BCUT2D eigenvalue weighted by Crippen LogP contribution is 2.31. The Labute approximate surface area is 99.7 Å². The number of hydrogen-bond donors (Lipinski definition) is 0. The second kappa shape index (κ2) is 4.26. The van der Waals surface area contributed by atoms with E-state index >= 15 is 0 Å². The van der Waals surface area contributed by atoms with E-state index in [4.69, 9.17) is 11.6 Å². The molecule has 0 aliphatic heterocycles. The summed E-state index contributed by atoms with van der Waals surface area (Å²) in [7, 11) is 0. The zero-order valence-corrected chi connectivity index (χ0v) is 9.98. The molecule has 0 nitrogen and oxygen atoms in total. The molecule has 82 valence electrons. The van der Waals surface area contributed by atoms with E-state index in [2.05, 4.69) is 0 Å². The van der Waals surface area contributed by atoms with Crippen LogP contribution in [0, 0.1) is 19.7 Å². The molecule has 2 rings (SSSR count). The Balaban J connectivity index is 2.57. The lowest BCUT2D eigenvalue weighted by molar-refractivity contribution is 0.619.